The van der Waals surface area contributed by atoms with Crippen LogP contribution in [-0.2, 0) is 16.0 Å². The van der Waals surface area contributed by atoms with E-state index in [1.54, 1.807) is 14.2 Å². The fraction of sp³-hybridized carbons (Fsp3) is 0.529. The van der Waals surface area contributed by atoms with Crippen LogP contribution < -0.4 is 0 Å². The third-order valence-corrected chi connectivity index (χ3v) is 3.73. The lowest BCUT2D eigenvalue weighted by atomic mass is 10.1. The number of ether oxygens (including phenoxy) is 2. The summed E-state index contributed by atoms with van der Waals surface area (Å²) in [6, 6.07) is 8.25. The van der Waals surface area contributed by atoms with Gasteiger partial charge in [0.25, 0.3) is 0 Å². The zero-order chi connectivity index (χ0) is 15.1. The molecule has 114 valence electrons. The van der Waals surface area contributed by atoms with E-state index in [0.717, 1.165) is 25.2 Å². The van der Waals surface area contributed by atoms with Gasteiger partial charge < -0.3 is 14.6 Å². The Hall–Kier alpha value is -1.38. The molecule has 1 aliphatic heterocycles. The van der Waals surface area contributed by atoms with Crippen LogP contribution in [0.4, 0.5) is 0 Å². The summed E-state index contributed by atoms with van der Waals surface area (Å²) >= 11 is 0. The normalized spacial score (nSPS) is 22.0. The lowest BCUT2D eigenvalue weighted by Gasteiger charge is -2.15. The topological polar surface area (TPSA) is 41.9 Å². The Morgan fingerprint density at radius 2 is 1.76 bits per heavy atom. The highest BCUT2D eigenvalue weighted by Gasteiger charge is 2.32. The first-order valence-corrected chi connectivity index (χ1v) is 7.23. The molecule has 21 heavy (non-hydrogen) atoms. The van der Waals surface area contributed by atoms with Crippen molar-refractivity contribution in [3.05, 3.63) is 35.4 Å². The van der Waals surface area contributed by atoms with Crippen molar-refractivity contribution in [2.45, 2.75) is 25.2 Å². The Balaban J connectivity index is 1.91. The first-order chi connectivity index (χ1) is 10.3. The number of aliphatic hydroxyl groups is 1. The van der Waals surface area contributed by atoms with Crippen LogP contribution in [0.5, 0.6) is 0 Å². The van der Waals surface area contributed by atoms with Crippen LogP contribution in [0.1, 0.15) is 17.5 Å². The van der Waals surface area contributed by atoms with Gasteiger partial charge in [-0.3, -0.25) is 4.90 Å². The van der Waals surface area contributed by atoms with Crippen molar-refractivity contribution in [2.75, 3.05) is 33.9 Å². The van der Waals surface area contributed by atoms with Gasteiger partial charge in [-0.25, -0.2) is 0 Å². The molecule has 1 fully saturated rings. The molecule has 1 aromatic carbocycles. The number of likely N-dealkylation sites (tertiary alicyclic amines) is 1. The lowest BCUT2D eigenvalue weighted by Crippen LogP contribution is -2.27. The molecule has 1 aliphatic rings. The average molecular weight is 289 g/mol. The molecule has 0 bridgehead atoms. The summed E-state index contributed by atoms with van der Waals surface area (Å²) in [5.74, 6) is 5.96. The van der Waals surface area contributed by atoms with Crippen molar-refractivity contribution in [3.8, 4) is 11.8 Å². The van der Waals surface area contributed by atoms with Crippen molar-refractivity contribution in [1.29, 1.82) is 0 Å². The summed E-state index contributed by atoms with van der Waals surface area (Å²) in [6.45, 7) is 2.80. The highest BCUT2D eigenvalue weighted by molar-refractivity contribution is 5.36. The van der Waals surface area contributed by atoms with Crippen LogP contribution in [-0.4, -0.2) is 56.1 Å². The highest BCUT2D eigenvalue weighted by Crippen LogP contribution is 2.18. The molecule has 2 rings (SSSR count). The van der Waals surface area contributed by atoms with Gasteiger partial charge in [-0.2, -0.15) is 0 Å². The molecule has 4 heteroatoms. The molecule has 2 atom stereocenters. The number of hydrogen-bond donors (Lipinski definition) is 1. The Morgan fingerprint density at radius 3 is 2.29 bits per heavy atom. The summed E-state index contributed by atoms with van der Waals surface area (Å²) in [5, 5.41) is 8.70. The third-order valence-electron chi connectivity index (χ3n) is 3.73. The number of benzene rings is 1. The Bertz CT molecular complexity index is 477. The largest absolute Gasteiger partial charge is 0.395 e. The van der Waals surface area contributed by atoms with Crippen molar-refractivity contribution in [2.24, 2.45) is 0 Å². The van der Waals surface area contributed by atoms with Gasteiger partial charge in [0, 0.05) is 45.8 Å². The minimum absolute atomic E-state index is 0.112. The number of hydrogen-bond acceptors (Lipinski definition) is 4. The van der Waals surface area contributed by atoms with Crippen LogP contribution in [0, 0.1) is 11.8 Å². The lowest BCUT2D eigenvalue weighted by molar-refractivity contribution is -0.00461. The van der Waals surface area contributed by atoms with E-state index in [-0.39, 0.29) is 18.8 Å². The van der Waals surface area contributed by atoms with E-state index >= 15 is 0 Å². The summed E-state index contributed by atoms with van der Waals surface area (Å²) in [4.78, 5) is 2.34. The van der Waals surface area contributed by atoms with E-state index in [1.807, 2.05) is 12.1 Å². The van der Waals surface area contributed by atoms with Gasteiger partial charge in [-0.1, -0.05) is 24.0 Å². The molecule has 4 nitrogen and oxygen atoms in total. The molecular formula is C17H23NO3. The fourth-order valence-corrected chi connectivity index (χ4v) is 2.57. The molecule has 1 heterocycles. The maximum atomic E-state index is 8.70. The first kappa shape index (κ1) is 16.0. The maximum absolute atomic E-state index is 8.70. The van der Waals surface area contributed by atoms with E-state index < -0.39 is 0 Å². The van der Waals surface area contributed by atoms with E-state index in [4.69, 9.17) is 14.6 Å². The minimum Gasteiger partial charge on any atom is -0.395 e. The van der Waals surface area contributed by atoms with E-state index in [2.05, 4.69) is 28.9 Å². The Labute approximate surface area is 126 Å². The van der Waals surface area contributed by atoms with E-state index in [1.165, 1.54) is 5.56 Å². The van der Waals surface area contributed by atoms with Crippen LogP contribution in [0.3, 0.4) is 0 Å². The van der Waals surface area contributed by atoms with Gasteiger partial charge in [0.15, 0.2) is 0 Å². The second-order valence-corrected chi connectivity index (χ2v) is 5.21. The summed E-state index contributed by atoms with van der Waals surface area (Å²) < 4.78 is 10.9. The van der Waals surface area contributed by atoms with Crippen molar-refractivity contribution < 1.29 is 14.6 Å². The van der Waals surface area contributed by atoms with Crippen molar-refractivity contribution >= 4 is 0 Å². The predicted octanol–water partition coefficient (Wildman–Crippen LogP) is 1.27. The number of aliphatic hydroxyl groups excluding tert-OH is 1. The van der Waals surface area contributed by atoms with Crippen molar-refractivity contribution in [3.63, 3.8) is 0 Å². The van der Waals surface area contributed by atoms with E-state index in [9.17, 15) is 0 Å². The smallest absolute Gasteiger partial charge is 0.0971 e. The standard InChI is InChI=1S/C17H23NO3/c1-20-16-12-18(13-17(16)21-2)11-15-8-6-14(7-9-15)5-3-4-10-19/h6-9,16-17,19H,4,10-13H2,1-2H3. The summed E-state index contributed by atoms with van der Waals surface area (Å²) in [6.07, 6.45) is 0.823. The molecule has 1 saturated heterocycles. The molecule has 1 aromatic rings. The zero-order valence-electron chi connectivity index (χ0n) is 12.7. The van der Waals surface area contributed by atoms with Crippen molar-refractivity contribution in [1.82, 2.24) is 4.90 Å². The molecule has 2 unspecified atom stereocenters. The zero-order valence-corrected chi connectivity index (χ0v) is 12.7. The fourth-order valence-electron chi connectivity index (χ4n) is 2.57. The Morgan fingerprint density at radius 1 is 1.14 bits per heavy atom. The first-order valence-electron chi connectivity index (χ1n) is 7.23. The summed E-state index contributed by atoms with van der Waals surface area (Å²) in [5.41, 5.74) is 2.24. The molecule has 1 N–H and O–H groups in total. The van der Waals surface area contributed by atoms with Gasteiger partial charge >= 0.3 is 0 Å². The average Bonchev–Trinajstić information content (AvgIpc) is 2.91. The maximum Gasteiger partial charge on any atom is 0.0971 e. The van der Waals surface area contributed by atoms with Gasteiger partial charge in [0.1, 0.15) is 0 Å². The van der Waals surface area contributed by atoms with Gasteiger partial charge in [0.05, 0.1) is 18.8 Å². The number of rotatable bonds is 5. The second-order valence-electron chi connectivity index (χ2n) is 5.21. The second kappa shape index (κ2) is 8.16. The Kier molecular flexibility index (Phi) is 6.21. The molecule has 0 spiro atoms. The third kappa shape index (κ3) is 4.55. The van der Waals surface area contributed by atoms with Crippen LogP contribution in [0.2, 0.25) is 0 Å². The molecule has 0 aliphatic carbocycles. The SMILES string of the molecule is COC1CN(Cc2ccc(C#CCCO)cc2)CC1OC. The van der Waals surface area contributed by atoms with Crippen LogP contribution >= 0.6 is 0 Å². The van der Waals surface area contributed by atoms with Gasteiger partial charge in [-0.05, 0) is 17.7 Å². The molecule has 0 amide bonds. The predicted molar refractivity (Wildman–Crippen MR) is 81.9 cm³/mol. The number of nitrogens with zero attached hydrogens (tertiary/aromatic N) is 1. The molecule has 0 radical (unpaired) electrons. The molecule has 0 saturated carbocycles. The van der Waals surface area contributed by atoms with Gasteiger partial charge in [-0.15, -0.1) is 0 Å². The van der Waals surface area contributed by atoms with Gasteiger partial charge in [0.2, 0.25) is 0 Å². The monoisotopic (exact) mass is 289 g/mol. The number of methoxy groups -OCH3 is 2. The molecular weight excluding hydrogens is 266 g/mol. The van der Waals surface area contributed by atoms with E-state index in [0.29, 0.717) is 6.42 Å². The van der Waals surface area contributed by atoms with Crippen LogP contribution in [0.25, 0.3) is 0 Å². The summed E-state index contributed by atoms with van der Waals surface area (Å²) in [7, 11) is 3.47. The quantitative estimate of drug-likeness (QED) is 0.829. The minimum atomic E-state index is 0.112. The highest BCUT2D eigenvalue weighted by atomic mass is 16.5. The van der Waals surface area contributed by atoms with Crippen LogP contribution in [0.15, 0.2) is 24.3 Å². The molecule has 0 aromatic heterocycles.